The van der Waals surface area contributed by atoms with Gasteiger partial charge in [0, 0.05) is 44.0 Å². The number of hydrogen-bond donors (Lipinski definition) is 30. The molecule has 6 saturated heterocycles. The van der Waals surface area contributed by atoms with Crippen molar-refractivity contribution in [3.05, 3.63) is 58.1 Å². The minimum absolute atomic E-state index is 0. The van der Waals surface area contributed by atoms with Gasteiger partial charge in [0.2, 0.25) is 41.5 Å². The molecule has 8 rings (SSSR count). The third-order valence-corrected chi connectivity index (χ3v) is 21.9. The second kappa shape index (κ2) is 83.3. The van der Waals surface area contributed by atoms with Crippen LogP contribution in [0, 0.1) is 0 Å². The van der Waals surface area contributed by atoms with Crippen molar-refractivity contribution in [2.45, 2.75) is 315 Å². The zero-order valence-corrected chi connectivity index (χ0v) is 88.4. The molecule has 2 aromatic heterocycles. The summed E-state index contributed by atoms with van der Waals surface area (Å²) < 4.78 is 68.0. The van der Waals surface area contributed by atoms with Crippen molar-refractivity contribution in [1.82, 2.24) is 45.7 Å². The van der Waals surface area contributed by atoms with Gasteiger partial charge in [-0.1, -0.05) is 93.2 Å². The zero-order valence-electron chi connectivity index (χ0n) is 76.6. The van der Waals surface area contributed by atoms with Crippen LogP contribution >= 0.6 is 15.2 Å². The molecule has 34 N–H and O–H groups in total. The van der Waals surface area contributed by atoms with E-state index in [2.05, 4.69) is 37.8 Å². The van der Waals surface area contributed by atoms with E-state index >= 15 is 0 Å². The first-order valence-electron chi connectivity index (χ1n) is 39.5. The molecular weight excluding hydrogens is 2050 g/mol. The van der Waals surface area contributed by atoms with Gasteiger partial charge >= 0.3 is 159 Å². The van der Waals surface area contributed by atoms with E-state index in [0.717, 1.165) is 21.5 Å². The number of nitrogens with zero attached hydrogens (tertiary/aromatic N) is 4. The quantitative estimate of drug-likeness (QED) is 0.0134. The number of anilines is 2. The fourth-order valence-corrected chi connectivity index (χ4v) is 15.3. The van der Waals surface area contributed by atoms with Crippen LogP contribution in [-0.4, -0.2) is 423 Å². The van der Waals surface area contributed by atoms with E-state index in [4.69, 9.17) is 85.3 Å². The molecule has 826 valence electrons. The number of hydrogen-bond acceptors (Lipinski definition) is 54. The van der Waals surface area contributed by atoms with E-state index in [9.17, 15) is 169 Å². The van der Waals surface area contributed by atoms with E-state index < -0.39 is 335 Å². The van der Waals surface area contributed by atoms with Gasteiger partial charge in [0.25, 0.3) is 0 Å². The number of nitrogens with one attached hydrogen (secondary N) is 5. The number of amides is 4. The predicted octanol–water partition coefficient (Wildman–Crippen LogP) is -32.2. The van der Waals surface area contributed by atoms with Crippen LogP contribution in [0.3, 0.4) is 0 Å². The second-order valence-electron chi connectivity index (χ2n) is 28.3. The molecule has 0 saturated carbocycles. The van der Waals surface area contributed by atoms with E-state index in [1.807, 2.05) is 53.5 Å². The molecule has 0 aliphatic carbocycles. The number of aliphatic hydroxyl groups excluding tert-OH is 20. The third-order valence-electron chi connectivity index (χ3n) is 19.1. The summed E-state index contributed by atoms with van der Waals surface area (Å²) in [5.74, 6) is -19.0. The number of carbonyl (C=O) groups is 9. The van der Waals surface area contributed by atoms with Crippen LogP contribution in [0.5, 0.6) is 0 Å². The summed E-state index contributed by atoms with van der Waals surface area (Å²) in [6.45, 7) is 12.3. The van der Waals surface area contributed by atoms with Crippen LogP contribution < -0.4 is 234 Å². The molecule has 0 aromatic carbocycles. The molecule has 0 radical (unpaired) electrons. The van der Waals surface area contributed by atoms with Gasteiger partial charge in [-0.15, -0.1) is 6.58 Å². The van der Waals surface area contributed by atoms with E-state index in [1.54, 1.807) is 6.08 Å². The molecule has 6 aliphatic heterocycles. The van der Waals surface area contributed by atoms with Crippen LogP contribution in [0.2, 0.25) is 0 Å². The summed E-state index contributed by atoms with van der Waals surface area (Å²) in [4.78, 5) is 154. The SMILES string of the molecule is C.C.C.C.C.C.C.C.C=CC.C=O.C=O.CC.CC.CNCC(=O)NC1C(O)CC(O)(C(=O)[O-])OC1[C@H](O)[C@H](O)CO.NC1C(O)OC(CO)C(O)C1O.NCC(=O)NC1C(O)CC(OP(=O)([O-])CCC2OC(n3ccc(N)nc3=O)C(O)C2O)(C(=O)[O-])OC1[C@H](O)[C@H](O)CO.Nc1ccn(C2OC(CCP(=O)([O-])OC3(C(=O)[O-])CC(O)C(NC(=O)CNC=O)C([C@H](O)[C@H](O)CO)O3)C(O)C2O)c(=O)n1.[Na+].[Na+].[Na+].[Na+].[Na+]. The Bertz CT molecular complexity index is 4120. The number of carboxylic acids is 3. The van der Waals surface area contributed by atoms with Gasteiger partial charge in [-0.2, -0.15) is 9.97 Å². The third kappa shape index (κ3) is 50.5. The van der Waals surface area contributed by atoms with Crippen molar-refractivity contribution >= 4 is 82.4 Å². The molecule has 145 heavy (non-hydrogen) atoms. The molecule has 6 aliphatic rings. The van der Waals surface area contributed by atoms with E-state index in [0.29, 0.717) is 0 Å². The number of carboxylic acid groups (broad SMARTS) is 3. The van der Waals surface area contributed by atoms with Gasteiger partial charge in [-0.25, -0.2) is 9.59 Å². The maximum atomic E-state index is 13.0. The molecule has 4 amide bonds. The van der Waals surface area contributed by atoms with Gasteiger partial charge in [-0.05, 0) is 38.9 Å². The van der Waals surface area contributed by atoms with Crippen LogP contribution in [0.1, 0.15) is 139 Å². The Hall–Kier alpha value is -3.17. The number of rotatable bonds is 34. The number of aliphatic carboxylic acids is 3. The first-order chi connectivity index (χ1) is 61.7. The van der Waals surface area contributed by atoms with Crippen LogP contribution in [0.4, 0.5) is 11.6 Å². The van der Waals surface area contributed by atoms with Gasteiger partial charge in [0.1, 0.15) is 156 Å². The number of nitrogens with two attached hydrogens (primary N) is 4. The summed E-state index contributed by atoms with van der Waals surface area (Å²) >= 11 is 0. The first kappa shape index (κ1) is 172. The summed E-state index contributed by atoms with van der Waals surface area (Å²) in [6.07, 6.45) is -43.5. The average Bonchev–Trinajstić information content (AvgIpc) is 1.56. The van der Waals surface area contributed by atoms with Gasteiger partial charge in [0.15, 0.2) is 18.7 Å². The molecule has 27 unspecified atom stereocenters. The second-order valence-corrected chi connectivity index (χ2v) is 32.0. The number of likely N-dealkylation sites (N-methyl/N-ethyl adjacent to an activating group) is 1. The van der Waals surface area contributed by atoms with Crippen molar-refractivity contribution in [3.8, 4) is 0 Å². The van der Waals surface area contributed by atoms with Crippen molar-refractivity contribution in [1.29, 1.82) is 0 Å². The van der Waals surface area contributed by atoms with Crippen LogP contribution in [0.25, 0.3) is 0 Å². The number of aromatic nitrogens is 4. The Morgan fingerprint density at radius 3 is 1.12 bits per heavy atom. The Morgan fingerprint density at radius 2 is 0.834 bits per heavy atom. The fraction of sp³-hybridized carbons (Fsp3) is 0.756. The van der Waals surface area contributed by atoms with Crippen molar-refractivity contribution < 1.29 is 370 Å². The van der Waals surface area contributed by atoms with Gasteiger partial charge in [-0.3, -0.25) is 28.3 Å². The average molecular weight is 2200 g/mol. The monoisotopic (exact) mass is 2200 g/mol. The Labute approximate surface area is 950 Å². The van der Waals surface area contributed by atoms with Gasteiger partial charge < -0.3 is 252 Å². The number of ether oxygens (including phenoxy) is 6. The molecule has 60 nitrogen and oxygen atoms in total. The van der Waals surface area contributed by atoms with Crippen LogP contribution in [-0.2, 0) is 89.7 Å². The van der Waals surface area contributed by atoms with Crippen molar-refractivity contribution in [2.24, 2.45) is 11.5 Å². The molecule has 2 aromatic rings. The minimum Gasteiger partial charge on any atom is -0.778 e. The molecule has 6 fully saturated rings. The number of allylic oxidation sites excluding steroid dienone is 1. The molecular formula is C78H152N13Na5O47P2. The Morgan fingerprint density at radius 1 is 0.531 bits per heavy atom. The predicted molar refractivity (Wildman–Crippen MR) is 481 cm³/mol. The molecule has 67 heteroatoms. The minimum atomic E-state index is -5.37. The summed E-state index contributed by atoms with van der Waals surface area (Å²) in [7, 11) is -9.21. The first-order valence-corrected chi connectivity index (χ1v) is 42.9. The standard InChI is InChI=1S/C22H34N5O16P.C21H34N5O15P.C12H22N2O9.C6H13NO5.C3H6.2C2H6.2CH2O.8CH4.5Na/c23-12-1-3-27(21(38)25-12)19-17(35)16(34)11(41-19)2-4-44(39,40)43-22(20(36)37)5-9(30)14(26-13(32)6-24-8-29)18(42-22)15(33)10(31)7-28;22-6-12(30)25-13-8(28)5-21(19(34)35,40-17(13)14(31)9(29)7-27)41-42(37,38)4-2-10-15(32)16(33)18(39-10)26-3-1-11(23)24-20(26)36;1-13-3-7(18)14-8-5(16)2-12(22,11(20)21)23-10(8)9(19)6(17)4-15;7-3-5(10)4(9)2(1-8)12-6(3)11;1-3-2;4*1-2;;;;;;;;;;;;;/h1,3,8-11,14-19,28,30-31,33-35H,2,4-7H2,(H,24,29)(H,26,32)(H,36,37)(H,39,40)(H2,23,25,38);1,3,8-10,13-18,27-29,31-33H,2,4-7,22H2,(H,25,30)(H,34,35)(H,37,38)(H2,23,24,36);5-6,8-10,13,15-17,19,22H,2-4H2,1H3,(H,14,18)(H,20,21);2-6,8-11H,1,7H2;3H,1H2,2H3;2*1-2H3;2*1H2;8*1H4;;;;;/q;;;;;;;;;;;;;;;;;5*+1/p-5/t9?,10-,11?,14?,15-,16?,17?,18?,19?,22?;8?,9-,10?,13?,14-,15?,16?,17?,18?,21?;5?,6-,8?,9-,10?,12?;;;;;;;;;;;;;;;;;;;/m111.................../s1. The summed E-state index contributed by atoms with van der Waals surface area (Å²) in [5, 5.41) is 253. The fourth-order valence-electron chi connectivity index (χ4n) is 12.7. The van der Waals surface area contributed by atoms with Gasteiger partial charge in [0.05, 0.1) is 101 Å². The smallest absolute Gasteiger partial charge is 0.778 e. The van der Waals surface area contributed by atoms with E-state index in [1.165, 1.54) is 19.2 Å². The molecule has 33 atom stereocenters. The molecule has 0 spiro atoms. The number of carbonyl (C=O) groups excluding carboxylic acids is 9. The van der Waals surface area contributed by atoms with Crippen LogP contribution in [0.15, 0.2) is 46.8 Å². The Kier molecular flexibility index (Phi) is 98.9. The van der Waals surface area contributed by atoms with Crippen molar-refractivity contribution in [2.75, 3.05) is 76.9 Å². The molecule has 0 bridgehead atoms. The Balaban J connectivity index is -0.000000131. The topological polar surface area (TPSA) is 1040 Å². The zero-order chi connectivity index (χ0) is 102. The number of nitrogen functional groups attached to an aromatic ring is 2. The molecule has 8 heterocycles. The maximum absolute atomic E-state index is 13.0. The maximum Gasteiger partial charge on any atom is 1.00 e. The normalized spacial score (nSPS) is 29.6. The summed E-state index contributed by atoms with van der Waals surface area (Å²) in [6, 6.07) is -3.32. The summed E-state index contributed by atoms with van der Waals surface area (Å²) in [5.41, 5.74) is 19.5. The largest absolute Gasteiger partial charge is 1.00 e. The van der Waals surface area contributed by atoms with E-state index in [-0.39, 0.29) is 232 Å². The number of aliphatic hydroxyl groups is 21. The van der Waals surface area contributed by atoms with Crippen molar-refractivity contribution in [3.63, 3.8) is 0 Å².